The second-order valence-corrected chi connectivity index (χ2v) is 15.5. The zero-order valence-corrected chi connectivity index (χ0v) is 31.1. The maximum Gasteiger partial charge on any atom is 0.411 e. The summed E-state index contributed by atoms with van der Waals surface area (Å²) in [5, 5.41) is 0.703. The number of amides is 3. The fourth-order valence-electron chi connectivity index (χ4n) is 7.95. The minimum Gasteiger partial charge on any atom is -0.444 e. The van der Waals surface area contributed by atoms with Crippen LogP contribution in [0.25, 0.3) is 16.6 Å². The lowest BCUT2D eigenvalue weighted by atomic mass is 9.84. The molecule has 4 heterocycles. The largest absolute Gasteiger partial charge is 0.444 e. The van der Waals surface area contributed by atoms with E-state index < -0.39 is 23.6 Å². The average molecular weight is 690 g/mol. The molecule has 4 atom stereocenters. The minimum absolute atomic E-state index is 0.0396. The number of fused-ring (bicyclic) bond motifs is 1. The van der Waals surface area contributed by atoms with Gasteiger partial charge in [0.25, 0.3) is 5.91 Å². The second-order valence-electron chi connectivity index (χ2n) is 15.5. The highest BCUT2D eigenvalue weighted by Gasteiger charge is 2.45. The van der Waals surface area contributed by atoms with Gasteiger partial charge < -0.3 is 19.1 Å². The molecular weight excluding hydrogens is 637 g/mol. The molecule has 0 spiro atoms. The molecule has 270 valence electrons. The van der Waals surface area contributed by atoms with E-state index in [-0.39, 0.29) is 53.2 Å². The van der Waals surface area contributed by atoms with Gasteiger partial charge in [0.1, 0.15) is 17.5 Å². The first-order valence-electron chi connectivity index (χ1n) is 17.9. The van der Waals surface area contributed by atoms with Crippen LogP contribution in [0.1, 0.15) is 114 Å². The highest BCUT2D eigenvalue weighted by molar-refractivity contribution is 6.11. The summed E-state index contributed by atoms with van der Waals surface area (Å²) >= 11 is 0. The highest BCUT2D eigenvalue weighted by atomic mass is 19.1. The summed E-state index contributed by atoms with van der Waals surface area (Å²) in [6, 6.07) is 4.82. The third kappa shape index (κ3) is 7.01. The van der Waals surface area contributed by atoms with Gasteiger partial charge >= 0.3 is 6.09 Å². The SMILES string of the molecule is Cc1c(C(=O)[C@@H]2CCN(C(=O)[C@@H]3CC[C@H](C)N3C(=O)OC(C)(C)C)[C@@H](C)C2)c2ccncc2n1-c1ccc(F)cc1C(=O)N(C(C)C)C(C)C. The third-order valence-electron chi connectivity index (χ3n) is 10.1. The summed E-state index contributed by atoms with van der Waals surface area (Å²) in [4.78, 5) is 65.0. The number of pyridine rings is 1. The smallest absolute Gasteiger partial charge is 0.411 e. The number of halogens is 1. The molecule has 10 nitrogen and oxygen atoms in total. The first-order valence-corrected chi connectivity index (χ1v) is 17.9. The molecule has 5 rings (SSSR count). The van der Waals surface area contributed by atoms with Crippen molar-refractivity contribution in [2.24, 2.45) is 5.92 Å². The molecule has 3 aromatic rings. The van der Waals surface area contributed by atoms with Crippen molar-refractivity contribution < 1.29 is 28.3 Å². The molecule has 2 aliphatic rings. The predicted octanol–water partition coefficient (Wildman–Crippen LogP) is 7.33. The fraction of sp³-hybridized carbons (Fsp3) is 0.564. The van der Waals surface area contributed by atoms with Crippen LogP contribution >= 0.6 is 0 Å². The van der Waals surface area contributed by atoms with Crippen molar-refractivity contribution in [3.05, 3.63) is 59.3 Å². The molecule has 2 aliphatic heterocycles. The summed E-state index contributed by atoms with van der Waals surface area (Å²) in [5.41, 5.74) is 1.83. The van der Waals surface area contributed by atoms with Gasteiger partial charge in [-0.2, -0.15) is 0 Å². The van der Waals surface area contributed by atoms with E-state index >= 15 is 0 Å². The van der Waals surface area contributed by atoms with Gasteiger partial charge in [-0.1, -0.05) is 0 Å². The van der Waals surface area contributed by atoms with E-state index in [1.165, 1.54) is 12.1 Å². The molecule has 0 radical (unpaired) electrons. The van der Waals surface area contributed by atoms with Crippen LogP contribution in [-0.4, -0.2) is 90.3 Å². The quantitative estimate of drug-likeness (QED) is 0.241. The lowest BCUT2D eigenvalue weighted by Crippen LogP contribution is -2.55. The third-order valence-corrected chi connectivity index (χ3v) is 10.1. The number of aromatic nitrogens is 2. The molecule has 2 saturated heterocycles. The van der Waals surface area contributed by atoms with Crippen molar-refractivity contribution in [1.29, 1.82) is 0 Å². The number of carbonyl (C=O) groups is 4. The van der Waals surface area contributed by atoms with Crippen LogP contribution in [0.4, 0.5) is 9.18 Å². The molecule has 50 heavy (non-hydrogen) atoms. The van der Waals surface area contributed by atoms with Gasteiger partial charge in [0, 0.05) is 59.5 Å². The molecule has 0 aliphatic carbocycles. The molecule has 0 bridgehead atoms. The number of Topliss-reactive ketones (excluding diaryl/α,β-unsaturated/α-hetero) is 1. The van der Waals surface area contributed by atoms with Crippen molar-refractivity contribution >= 4 is 34.6 Å². The first kappa shape index (κ1) is 37.0. The Labute approximate surface area is 294 Å². The summed E-state index contributed by atoms with van der Waals surface area (Å²) in [6.07, 6.45) is 5.05. The number of piperidine rings is 1. The van der Waals surface area contributed by atoms with Gasteiger partial charge in [-0.25, -0.2) is 9.18 Å². The number of carbonyl (C=O) groups excluding carboxylic acids is 4. The van der Waals surface area contributed by atoms with Crippen molar-refractivity contribution in [3.63, 3.8) is 0 Å². The van der Waals surface area contributed by atoms with E-state index in [2.05, 4.69) is 4.98 Å². The van der Waals surface area contributed by atoms with E-state index in [1.54, 1.807) is 34.3 Å². The van der Waals surface area contributed by atoms with Gasteiger partial charge in [-0.15, -0.1) is 0 Å². The summed E-state index contributed by atoms with van der Waals surface area (Å²) in [6.45, 7) is 19.3. The molecule has 0 unspecified atom stereocenters. The van der Waals surface area contributed by atoms with Crippen molar-refractivity contribution in [3.8, 4) is 5.69 Å². The Morgan fingerprint density at radius 2 is 1.66 bits per heavy atom. The van der Waals surface area contributed by atoms with Crippen molar-refractivity contribution in [2.45, 2.75) is 131 Å². The molecule has 0 saturated carbocycles. The van der Waals surface area contributed by atoms with E-state index in [9.17, 15) is 23.6 Å². The maximum absolute atomic E-state index is 14.7. The number of ether oxygens (including phenoxy) is 1. The predicted molar refractivity (Wildman–Crippen MR) is 191 cm³/mol. The Morgan fingerprint density at radius 3 is 2.28 bits per heavy atom. The topological polar surface area (TPSA) is 105 Å². The van der Waals surface area contributed by atoms with E-state index in [0.29, 0.717) is 60.1 Å². The van der Waals surface area contributed by atoms with Crippen LogP contribution in [0.2, 0.25) is 0 Å². The Balaban J connectivity index is 1.44. The van der Waals surface area contributed by atoms with Crippen LogP contribution in [-0.2, 0) is 9.53 Å². The molecule has 11 heteroatoms. The molecular formula is C39H52FN5O5. The van der Waals surface area contributed by atoms with Crippen LogP contribution in [0, 0.1) is 18.7 Å². The first-order chi connectivity index (χ1) is 23.4. The van der Waals surface area contributed by atoms with Crippen LogP contribution in [0.3, 0.4) is 0 Å². The van der Waals surface area contributed by atoms with E-state index in [0.717, 1.165) is 0 Å². The summed E-state index contributed by atoms with van der Waals surface area (Å²) < 4.78 is 22.2. The van der Waals surface area contributed by atoms with Crippen LogP contribution < -0.4 is 0 Å². The number of ketones is 1. The molecule has 3 amide bonds. The molecule has 1 aromatic carbocycles. The second kappa shape index (κ2) is 14.2. The lowest BCUT2D eigenvalue weighted by Gasteiger charge is -2.40. The number of benzene rings is 1. The Bertz CT molecular complexity index is 1780. The lowest BCUT2D eigenvalue weighted by molar-refractivity contribution is -0.140. The highest BCUT2D eigenvalue weighted by Crippen LogP contribution is 2.36. The van der Waals surface area contributed by atoms with E-state index in [1.807, 2.05) is 78.7 Å². The van der Waals surface area contributed by atoms with Gasteiger partial charge in [-0.05, 0) is 119 Å². The maximum atomic E-state index is 14.7. The Kier molecular flexibility index (Phi) is 10.5. The number of rotatable bonds is 7. The summed E-state index contributed by atoms with van der Waals surface area (Å²) in [5.74, 6) is -1.32. The minimum atomic E-state index is -0.674. The molecule has 2 fully saturated rings. The average Bonchev–Trinajstić information content (AvgIpc) is 3.55. The van der Waals surface area contributed by atoms with Crippen LogP contribution in [0.5, 0.6) is 0 Å². The number of nitrogens with zero attached hydrogens (tertiary/aromatic N) is 5. The molecule has 2 aromatic heterocycles. The van der Waals surface area contributed by atoms with Crippen molar-refractivity contribution in [1.82, 2.24) is 24.3 Å². The number of hydrogen-bond donors (Lipinski definition) is 0. The normalized spacial score (nSPS) is 21.3. The summed E-state index contributed by atoms with van der Waals surface area (Å²) in [7, 11) is 0. The zero-order valence-electron chi connectivity index (χ0n) is 31.1. The number of likely N-dealkylation sites (tertiary alicyclic amines) is 2. The van der Waals surface area contributed by atoms with E-state index in [4.69, 9.17) is 4.74 Å². The standard InChI is InChI=1S/C39H52FN5O5/c1-22(2)43(23(3)4)36(47)30-20-28(40)12-14-31(30)45-26(7)34(29-15-17-41-21-33(29)45)35(46)27-16-18-42(25(6)19-27)37(48)32-13-11-24(5)44(32)38(49)50-39(8,9)10/h12,14-15,17,20-25,27,32H,11,13,16,18-19H2,1-10H3/t24-,25-,27+,32-/m0/s1. The van der Waals surface area contributed by atoms with Gasteiger partial charge in [0.05, 0.1) is 23.0 Å². The van der Waals surface area contributed by atoms with Gasteiger partial charge in [0.2, 0.25) is 5.91 Å². The Morgan fingerprint density at radius 1 is 0.980 bits per heavy atom. The fourth-order valence-corrected chi connectivity index (χ4v) is 7.95. The van der Waals surface area contributed by atoms with Gasteiger partial charge in [0.15, 0.2) is 5.78 Å². The van der Waals surface area contributed by atoms with Gasteiger partial charge in [-0.3, -0.25) is 24.3 Å². The Hall–Kier alpha value is -4.28. The number of hydrogen-bond acceptors (Lipinski definition) is 6. The molecule has 0 N–H and O–H groups in total. The monoisotopic (exact) mass is 689 g/mol. The van der Waals surface area contributed by atoms with Crippen LogP contribution in [0.15, 0.2) is 36.7 Å². The van der Waals surface area contributed by atoms with Crippen molar-refractivity contribution in [2.75, 3.05) is 6.54 Å². The zero-order chi connectivity index (χ0) is 36.8.